The molecule has 0 saturated carbocycles. The highest BCUT2D eigenvalue weighted by molar-refractivity contribution is 5.95. The van der Waals surface area contributed by atoms with Crippen molar-refractivity contribution >= 4 is 11.6 Å². The highest BCUT2D eigenvalue weighted by Gasteiger charge is 2.21. The molecule has 140 valence electrons. The number of hydrogen-bond donors (Lipinski definition) is 1. The molecule has 0 aliphatic rings. The van der Waals surface area contributed by atoms with E-state index in [0.717, 1.165) is 17.7 Å². The lowest BCUT2D eigenvalue weighted by Crippen LogP contribution is -2.24. The first-order chi connectivity index (χ1) is 13.2. The summed E-state index contributed by atoms with van der Waals surface area (Å²) in [5.74, 6) is 0.307. The number of nitrogens with zero attached hydrogens (tertiary/aromatic N) is 4. The van der Waals surface area contributed by atoms with Crippen LogP contribution in [0.15, 0.2) is 48.5 Å². The van der Waals surface area contributed by atoms with Gasteiger partial charge in [-0.15, -0.1) is 0 Å². The summed E-state index contributed by atoms with van der Waals surface area (Å²) in [6.45, 7) is 4.63. The number of aromatic nitrogens is 4. The molecule has 0 bridgehead atoms. The van der Waals surface area contributed by atoms with Crippen LogP contribution in [0.5, 0.6) is 5.75 Å². The van der Waals surface area contributed by atoms with Crippen LogP contribution < -0.4 is 15.2 Å². The maximum Gasteiger partial charge on any atom is 0.232 e. The number of amides is 1. The first kappa shape index (κ1) is 18.6. The fourth-order valence-electron chi connectivity index (χ4n) is 2.77. The molecule has 1 amide bonds. The summed E-state index contributed by atoms with van der Waals surface area (Å²) >= 11 is 0. The summed E-state index contributed by atoms with van der Waals surface area (Å²) in [6.07, 6.45) is 1.45. The Morgan fingerprint density at radius 2 is 1.78 bits per heavy atom. The number of carbonyl (C=O) groups excluding carboxylic acids is 1. The van der Waals surface area contributed by atoms with Crippen LogP contribution in [-0.2, 0) is 17.6 Å². The summed E-state index contributed by atoms with van der Waals surface area (Å²) in [7, 11) is 0. The van der Waals surface area contributed by atoms with E-state index >= 15 is 0 Å². The molecule has 1 aromatic heterocycles. The Kier molecular flexibility index (Phi) is 6.14. The van der Waals surface area contributed by atoms with E-state index in [1.54, 1.807) is 12.1 Å². The molecule has 0 aliphatic carbocycles. The fraction of sp³-hybridized carbons (Fsp3) is 0.300. The number of anilines is 1. The number of carbonyl (C=O) groups is 1. The molecule has 0 spiro atoms. The average Bonchev–Trinajstić information content (AvgIpc) is 3.22. The minimum absolute atomic E-state index is 0.200. The van der Waals surface area contributed by atoms with Crippen molar-refractivity contribution in [2.24, 2.45) is 0 Å². The van der Waals surface area contributed by atoms with Crippen molar-refractivity contribution in [1.82, 2.24) is 20.6 Å². The van der Waals surface area contributed by atoms with Gasteiger partial charge in [-0.25, -0.2) is 0 Å². The summed E-state index contributed by atoms with van der Waals surface area (Å²) in [5.41, 5.74) is 2.97. The van der Waals surface area contributed by atoms with E-state index in [-0.39, 0.29) is 5.91 Å². The Morgan fingerprint density at radius 3 is 2.37 bits per heavy atom. The van der Waals surface area contributed by atoms with E-state index in [1.807, 2.05) is 31.2 Å². The highest BCUT2D eigenvalue weighted by atomic mass is 16.5. The van der Waals surface area contributed by atoms with Crippen LogP contribution in [0.1, 0.15) is 36.7 Å². The first-order valence-corrected chi connectivity index (χ1v) is 8.99. The SMILES string of the molecule is CCOc1ccc(NC(=O)[C@@H](Cc2ccc(CC)cc2)c2nnn[n-]2)cc1. The Bertz CT molecular complexity index is 845. The molecule has 2 aromatic carbocycles. The van der Waals surface area contributed by atoms with Crippen LogP contribution in [0, 0.1) is 0 Å². The van der Waals surface area contributed by atoms with Crippen molar-refractivity contribution in [3.05, 3.63) is 65.5 Å². The monoisotopic (exact) mass is 364 g/mol. The second kappa shape index (κ2) is 8.93. The van der Waals surface area contributed by atoms with Crippen molar-refractivity contribution in [2.75, 3.05) is 11.9 Å². The van der Waals surface area contributed by atoms with E-state index in [0.29, 0.717) is 24.5 Å². The first-order valence-electron chi connectivity index (χ1n) is 8.99. The summed E-state index contributed by atoms with van der Waals surface area (Å²) in [5, 5.41) is 17.8. The van der Waals surface area contributed by atoms with Gasteiger partial charge in [-0.3, -0.25) is 15.1 Å². The number of ether oxygens (including phenoxy) is 1. The van der Waals surface area contributed by atoms with Crippen LogP contribution >= 0.6 is 0 Å². The lowest BCUT2D eigenvalue weighted by atomic mass is 9.96. The number of tetrazole rings is 1. The topological polar surface area (TPSA) is 91.1 Å². The number of rotatable bonds is 8. The molecular formula is C20H22N5O2-. The molecule has 7 nitrogen and oxygen atoms in total. The van der Waals surface area contributed by atoms with Gasteiger partial charge in [0.15, 0.2) is 0 Å². The Labute approximate surface area is 158 Å². The molecule has 27 heavy (non-hydrogen) atoms. The molecule has 0 fully saturated rings. The van der Waals surface area contributed by atoms with Gasteiger partial charge in [0.1, 0.15) is 5.75 Å². The largest absolute Gasteiger partial charge is 0.494 e. The molecule has 1 atom stereocenters. The van der Waals surface area contributed by atoms with Gasteiger partial charge in [0.05, 0.1) is 12.5 Å². The molecule has 1 heterocycles. The molecule has 0 radical (unpaired) electrons. The van der Waals surface area contributed by atoms with Gasteiger partial charge in [-0.1, -0.05) is 31.2 Å². The van der Waals surface area contributed by atoms with Crippen LogP contribution in [-0.4, -0.2) is 28.0 Å². The zero-order valence-electron chi connectivity index (χ0n) is 15.4. The average molecular weight is 364 g/mol. The zero-order chi connectivity index (χ0) is 19.1. The van der Waals surface area contributed by atoms with Gasteiger partial charge in [-0.05, 0) is 55.2 Å². The van der Waals surface area contributed by atoms with Gasteiger partial charge in [0, 0.05) is 11.5 Å². The molecule has 3 aromatic rings. The molecule has 0 saturated heterocycles. The second-order valence-electron chi connectivity index (χ2n) is 6.11. The van der Waals surface area contributed by atoms with Crippen molar-refractivity contribution in [1.29, 1.82) is 0 Å². The van der Waals surface area contributed by atoms with E-state index in [1.165, 1.54) is 5.56 Å². The minimum atomic E-state index is -0.570. The lowest BCUT2D eigenvalue weighted by Gasteiger charge is -2.17. The second-order valence-corrected chi connectivity index (χ2v) is 6.11. The Morgan fingerprint density at radius 1 is 1.07 bits per heavy atom. The third-order valence-corrected chi connectivity index (χ3v) is 4.27. The summed E-state index contributed by atoms with van der Waals surface area (Å²) < 4.78 is 5.42. The number of hydrogen-bond acceptors (Lipinski definition) is 5. The normalized spacial score (nSPS) is 11.8. The quantitative estimate of drug-likeness (QED) is 0.661. The number of benzene rings is 2. The molecule has 0 unspecified atom stereocenters. The van der Waals surface area contributed by atoms with Gasteiger partial charge in [0.25, 0.3) is 0 Å². The Balaban J connectivity index is 1.74. The standard InChI is InChI=1S/C20H23N5O2/c1-3-14-5-7-15(8-6-14)13-18(19-22-24-25-23-19)20(26)21-16-9-11-17(12-10-16)27-4-2/h5-12,18H,3-4,13H2,1-2H3,(H2,21,22,23,24,25,26)/p-1/t18-/m0/s1. The maximum absolute atomic E-state index is 12.9. The van der Waals surface area contributed by atoms with Crippen LogP contribution in [0.4, 0.5) is 5.69 Å². The van der Waals surface area contributed by atoms with Crippen molar-refractivity contribution in [3.8, 4) is 5.75 Å². The van der Waals surface area contributed by atoms with Crippen molar-refractivity contribution in [3.63, 3.8) is 0 Å². The highest BCUT2D eigenvalue weighted by Crippen LogP contribution is 2.21. The molecule has 3 rings (SSSR count). The third kappa shape index (κ3) is 4.91. The Hall–Kier alpha value is -3.22. The lowest BCUT2D eigenvalue weighted by molar-refractivity contribution is -0.117. The maximum atomic E-state index is 12.9. The predicted molar refractivity (Wildman–Crippen MR) is 102 cm³/mol. The number of nitrogens with one attached hydrogen (secondary N) is 1. The summed E-state index contributed by atoms with van der Waals surface area (Å²) in [6, 6.07) is 15.4. The van der Waals surface area contributed by atoms with Crippen molar-refractivity contribution < 1.29 is 9.53 Å². The van der Waals surface area contributed by atoms with E-state index in [4.69, 9.17) is 4.74 Å². The van der Waals surface area contributed by atoms with Crippen LogP contribution in [0.2, 0.25) is 0 Å². The minimum Gasteiger partial charge on any atom is -0.494 e. The third-order valence-electron chi connectivity index (χ3n) is 4.27. The van der Waals surface area contributed by atoms with Crippen LogP contribution in [0.25, 0.3) is 0 Å². The van der Waals surface area contributed by atoms with E-state index < -0.39 is 5.92 Å². The molecular weight excluding hydrogens is 342 g/mol. The van der Waals surface area contributed by atoms with Crippen LogP contribution in [0.3, 0.4) is 0 Å². The smallest absolute Gasteiger partial charge is 0.232 e. The summed E-state index contributed by atoms with van der Waals surface area (Å²) in [4.78, 5) is 12.9. The van der Waals surface area contributed by atoms with Crippen molar-refractivity contribution in [2.45, 2.75) is 32.6 Å². The van der Waals surface area contributed by atoms with Gasteiger partial charge in [0.2, 0.25) is 5.91 Å². The van der Waals surface area contributed by atoms with E-state index in [9.17, 15) is 4.79 Å². The fourth-order valence-corrected chi connectivity index (χ4v) is 2.77. The van der Waals surface area contributed by atoms with Gasteiger partial charge in [-0.2, -0.15) is 5.21 Å². The predicted octanol–water partition coefficient (Wildman–Crippen LogP) is 2.75. The van der Waals surface area contributed by atoms with Gasteiger partial charge >= 0.3 is 0 Å². The molecule has 0 aliphatic heterocycles. The van der Waals surface area contributed by atoms with E-state index in [2.05, 4.69) is 45.0 Å². The molecule has 7 heteroatoms. The number of aryl methyl sites for hydroxylation is 1. The molecule has 1 N–H and O–H groups in total. The zero-order valence-corrected chi connectivity index (χ0v) is 15.4. The van der Waals surface area contributed by atoms with Gasteiger partial charge < -0.3 is 15.2 Å².